The van der Waals surface area contributed by atoms with E-state index in [1.54, 1.807) is 24.1 Å². The second kappa shape index (κ2) is 10.1. The molecule has 3 rings (SSSR count). The highest BCUT2D eigenvalue weighted by Gasteiger charge is 2.03. The smallest absolute Gasteiger partial charge is 0.191 e. The molecule has 0 atom stereocenters. The predicted octanol–water partition coefficient (Wildman–Crippen LogP) is 3.40. The van der Waals surface area contributed by atoms with Crippen LogP contribution in [0.25, 0.3) is 5.82 Å². The van der Waals surface area contributed by atoms with Crippen molar-refractivity contribution in [2.24, 2.45) is 4.99 Å². The normalized spacial score (nSPS) is 10.9. The van der Waals surface area contributed by atoms with Gasteiger partial charge in [0.05, 0.1) is 0 Å². The molecule has 0 saturated heterocycles. The van der Waals surface area contributed by atoms with Crippen LogP contribution < -0.4 is 10.6 Å². The molecule has 0 fully saturated rings. The lowest BCUT2D eigenvalue weighted by Gasteiger charge is -2.13. The van der Waals surface area contributed by atoms with Gasteiger partial charge in [0.2, 0.25) is 0 Å². The van der Waals surface area contributed by atoms with Crippen LogP contribution in [0.15, 0.2) is 66.0 Å². The average molecular weight is 483 g/mol. The summed E-state index contributed by atoms with van der Waals surface area (Å²) in [5, 5.41) is 11.5. The van der Waals surface area contributed by atoms with Crippen molar-refractivity contribution in [2.75, 3.05) is 7.05 Å². The Morgan fingerprint density at radius 1 is 1.12 bits per heavy atom. The van der Waals surface area contributed by atoms with Crippen LogP contribution in [0.2, 0.25) is 5.02 Å². The van der Waals surface area contributed by atoms with Gasteiger partial charge in [0.25, 0.3) is 0 Å². The summed E-state index contributed by atoms with van der Waals surface area (Å²) in [6.45, 7) is 1.23. The van der Waals surface area contributed by atoms with Crippen LogP contribution in [0.4, 0.5) is 0 Å². The van der Waals surface area contributed by atoms with Gasteiger partial charge in [-0.15, -0.1) is 24.0 Å². The highest BCUT2D eigenvalue weighted by atomic mass is 127. The van der Waals surface area contributed by atoms with E-state index in [1.165, 1.54) is 0 Å². The standard InChI is InChI=1S/C18H19ClN6.HI/c1-20-18(23-13-15-5-2-3-6-16(15)19)22-12-14-7-9-21-17(11-14)25-10-4-8-24-25;/h2-11H,12-13H2,1H3,(H2,20,22,23);1H. The lowest BCUT2D eigenvalue weighted by molar-refractivity contribution is 0.800. The quantitative estimate of drug-likeness (QED) is 0.332. The Kier molecular flexibility index (Phi) is 7.86. The van der Waals surface area contributed by atoms with Gasteiger partial charge in [-0.2, -0.15) is 5.10 Å². The number of guanidine groups is 1. The number of benzene rings is 1. The van der Waals surface area contributed by atoms with E-state index in [9.17, 15) is 0 Å². The third-order valence-electron chi connectivity index (χ3n) is 3.64. The molecule has 26 heavy (non-hydrogen) atoms. The molecule has 0 spiro atoms. The average Bonchev–Trinajstić information content (AvgIpc) is 3.18. The zero-order valence-corrected chi connectivity index (χ0v) is 17.3. The number of hydrogen-bond acceptors (Lipinski definition) is 3. The number of nitrogens with one attached hydrogen (secondary N) is 2. The van der Waals surface area contributed by atoms with Crippen LogP contribution >= 0.6 is 35.6 Å². The molecule has 0 bridgehead atoms. The molecule has 8 heteroatoms. The van der Waals surface area contributed by atoms with E-state index in [0.29, 0.717) is 19.0 Å². The number of aromatic nitrogens is 3. The van der Waals surface area contributed by atoms with E-state index in [1.807, 2.05) is 48.7 Å². The van der Waals surface area contributed by atoms with E-state index in [0.717, 1.165) is 22.0 Å². The lowest BCUT2D eigenvalue weighted by Crippen LogP contribution is -2.36. The molecular weight excluding hydrogens is 463 g/mol. The SMILES string of the molecule is CN=C(NCc1ccnc(-n2cccn2)c1)NCc1ccccc1Cl.I. The van der Waals surface area contributed by atoms with Crippen LogP contribution in [-0.2, 0) is 13.1 Å². The Balaban J connectivity index is 0.00000243. The number of rotatable bonds is 5. The van der Waals surface area contributed by atoms with E-state index in [2.05, 4.69) is 25.7 Å². The fraction of sp³-hybridized carbons (Fsp3) is 0.167. The summed E-state index contributed by atoms with van der Waals surface area (Å²) in [5.74, 6) is 1.49. The fourth-order valence-corrected chi connectivity index (χ4v) is 2.53. The maximum Gasteiger partial charge on any atom is 0.191 e. The van der Waals surface area contributed by atoms with Crippen molar-refractivity contribution in [3.05, 3.63) is 77.2 Å². The van der Waals surface area contributed by atoms with E-state index in [4.69, 9.17) is 11.6 Å². The first-order valence-corrected chi connectivity index (χ1v) is 8.27. The molecule has 0 saturated carbocycles. The summed E-state index contributed by atoms with van der Waals surface area (Å²) in [5.41, 5.74) is 2.11. The number of hydrogen-bond donors (Lipinski definition) is 2. The molecule has 0 aliphatic carbocycles. The highest BCUT2D eigenvalue weighted by molar-refractivity contribution is 14.0. The molecular formula is C18H20ClIN6. The van der Waals surface area contributed by atoms with Gasteiger partial charge in [-0.3, -0.25) is 4.99 Å². The van der Waals surface area contributed by atoms with Crippen molar-refractivity contribution < 1.29 is 0 Å². The third-order valence-corrected chi connectivity index (χ3v) is 4.01. The van der Waals surface area contributed by atoms with Crippen molar-refractivity contribution in [3.63, 3.8) is 0 Å². The first-order valence-electron chi connectivity index (χ1n) is 7.89. The molecule has 2 heterocycles. The minimum atomic E-state index is 0. The molecule has 3 aromatic rings. The van der Waals surface area contributed by atoms with Gasteiger partial charge in [-0.1, -0.05) is 29.8 Å². The van der Waals surface area contributed by atoms with E-state index < -0.39 is 0 Å². The van der Waals surface area contributed by atoms with Gasteiger partial charge in [-0.25, -0.2) is 9.67 Å². The Bertz CT molecular complexity index is 850. The second-order valence-corrected chi connectivity index (χ2v) is 5.75. The molecule has 2 N–H and O–H groups in total. The van der Waals surface area contributed by atoms with Crippen LogP contribution in [0.1, 0.15) is 11.1 Å². The Morgan fingerprint density at radius 2 is 1.92 bits per heavy atom. The highest BCUT2D eigenvalue weighted by Crippen LogP contribution is 2.14. The Hall–Kier alpha value is -2.13. The summed E-state index contributed by atoms with van der Waals surface area (Å²) >= 11 is 6.17. The van der Waals surface area contributed by atoms with Crippen LogP contribution in [0.3, 0.4) is 0 Å². The number of halogens is 2. The summed E-state index contributed by atoms with van der Waals surface area (Å²) < 4.78 is 1.73. The summed E-state index contributed by atoms with van der Waals surface area (Å²) in [4.78, 5) is 8.57. The third kappa shape index (κ3) is 5.43. The first-order chi connectivity index (χ1) is 12.3. The molecule has 6 nitrogen and oxygen atoms in total. The zero-order valence-electron chi connectivity index (χ0n) is 14.3. The van der Waals surface area contributed by atoms with Crippen LogP contribution in [0, 0.1) is 0 Å². The van der Waals surface area contributed by atoms with Gasteiger partial charge < -0.3 is 10.6 Å². The fourth-order valence-electron chi connectivity index (χ4n) is 2.33. The number of aliphatic imine (C=N–C) groups is 1. The topological polar surface area (TPSA) is 67.1 Å². The van der Waals surface area contributed by atoms with Gasteiger partial charge in [-0.05, 0) is 35.4 Å². The van der Waals surface area contributed by atoms with Crippen molar-refractivity contribution >= 4 is 41.5 Å². The van der Waals surface area contributed by atoms with Gasteiger partial charge >= 0.3 is 0 Å². The molecule has 0 aliphatic heterocycles. The predicted molar refractivity (Wildman–Crippen MR) is 115 cm³/mol. The maximum absolute atomic E-state index is 6.17. The Labute approximate surface area is 174 Å². The van der Waals surface area contributed by atoms with Crippen molar-refractivity contribution in [3.8, 4) is 5.82 Å². The molecule has 2 aromatic heterocycles. The zero-order chi connectivity index (χ0) is 17.5. The minimum Gasteiger partial charge on any atom is -0.352 e. The lowest BCUT2D eigenvalue weighted by atomic mass is 10.2. The van der Waals surface area contributed by atoms with Crippen LogP contribution in [0.5, 0.6) is 0 Å². The molecule has 136 valence electrons. The summed E-state index contributed by atoms with van der Waals surface area (Å²) in [6, 6.07) is 13.6. The molecule has 0 aliphatic rings. The molecule has 0 radical (unpaired) electrons. The van der Waals surface area contributed by atoms with Gasteiger partial charge in [0.15, 0.2) is 11.8 Å². The van der Waals surface area contributed by atoms with E-state index in [-0.39, 0.29) is 24.0 Å². The van der Waals surface area contributed by atoms with Gasteiger partial charge in [0.1, 0.15) is 0 Å². The molecule has 0 unspecified atom stereocenters. The van der Waals surface area contributed by atoms with Crippen molar-refractivity contribution in [1.82, 2.24) is 25.4 Å². The summed E-state index contributed by atoms with van der Waals surface area (Å²) in [6.07, 6.45) is 5.37. The summed E-state index contributed by atoms with van der Waals surface area (Å²) in [7, 11) is 1.74. The van der Waals surface area contributed by atoms with Gasteiger partial charge in [0, 0.05) is 43.8 Å². The van der Waals surface area contributed by atoms with Crippen LogP contribution in [-0.4, -0.2) is 27.8 Å². The monoisotopic (exact) mass is 482 g/mol. The van der Waals surface area contributed by atoms with E-state index >= 15 is 0 Å². The molecule has 1 aromatic carbocycles. The van der Waals surface area contributed by atoms with Crippen molar-refractivity contribution in [1.29, 1.82) is 0 Å². The van der Waals surface area contributed by atoms with Crippen molar-refractivity contribution in [2.45, 2.75) is 13.1 Å². The Morgan fingerprint density at radius 3 is 2.65 bits per heavy atom. The maximum atomic E-state index is 6.17. The first kappa shape index (κ1) is 20.2. The molecule has 0 amide bonds. The second-order valence-electron chi connectivity index (χ2n) is 5.34. The minimum absolute atomic E-state index is 0. The number of pyridine rings is 1. The number of nitrogens with zero attached hydrogens (tertiary/aromatic N) is 4. The largest absolute Gasteiger partial charge is 0.352 e.